The van der Waals surface area contributed by atoms with Crippen molar-refractivity contribution in [1.29, 1.82) is 0 Å². The van der Waals surface area contributed by atoms with Crippen molar-refractivity contribution < 1.29 is 4.39 Å². The minimum atomic E-state index is -1.58. The molecule has 1 unspecified atom stereocenters. The van der Waals surface area contributed by atoms with Gasteiger partial charge in [-0.25, -0.2) is 14.4 Å². The summed E-state index contributed by atoms with van der Waals surface area (Å²) in [6, 6.07) is 0. The Balaban J connectivity index is 3.15. The van der Waals surface area contributed by atoms with Crippen LogP contribution in [0.25, 0.3) is 0 Å². The van der Waals surface area contributed by atoms with Crippen LogP contribution >= 0.6 is 0 Å². The molecule has 0 amide bonds. The van der Waals surface area contributed by atoms with Gasteiger partial charge >= 0.3 is 0 Å². The van der Waals surface area contributed by atoms with Gasteiger partial charge < -0.3 is 5.73 Å². The normalized spacial score (nSPS) is 16.4. The molecule has 0 radical (unpaired) electrons. The lowest BCUT2D eigenvalue weighted by atomic mass is 9.74. The molecule has 1 aromatic rings. The number of aromatic nitrogens is 2. The van der Waals surface area contributed by atoms with Gasteiger partial charge in [-0.05, 0) is 0 Å². The molecule has 0 aromatic carbocycles. The molecule has 3 nitrogen and oxygen atoms in total. The Bertz CT molecular complexity index is 294. The predicted octanol–water partition coefficient (Wildman–Crippen LogP) is 1.65. The van der Waals surface area contributed by atoms with Gasteiger partial charge in [0.2, 0.25) is 0 Å². The smallest absolute Gasteiger partial charge is 0.155 e. The van der Waals surface area contributed by atoms with E-state index in [1.165, 1.54) is 18.7 Å². The van der Waals surface area contributed by atoms with E-state index in [-0.39, 0.29) is 6.54 Å². The van der Waals surface area contributed by atoms with Crippen molar-refractivity contribution in [3.63, 3.8) is 0 Å². The third kappa shape index (κ3) is 1.75. The molecule has 1 aromatic heterocycles. The summed E-state index contributed by atoms with van der Waals surface area (Å²) in [6.07, 6.45) is 4.33. The van der Waals surface area contributed by atoms with Gasteiger partial charge in [-0.2, -0.15) is 0 Å². The molecule has 78 valence electrons. The highest BCUT2D eigenvalue weighted by molar-refractivity contribution is 5.18. The second-order valence-corrected chi connectivity index (χ2v) is 4.38. The highest BCUT2D eigenvalue weighted by Crippen LogP contribution is 2.41. The Morgan fingerprint density at radius 3 is 2.14 bits per heavy atom. The number of nitrogens with two attached hydrogens (primary N) is 1. The first-order valence-corrected chi connectivity index (χ1v) is 4.56. The lowest BCUT2D eigenvalue weighted by Crippen LogP contribution is -2.42. The average Bonchev–Trinajstić information content (AvgIpc) is 2.16. The first-order chi connectivity index (χ1) is 6.42. The summed E-state index contributed by atoms with van der Waals surface area (Å²) in [4.78, 5) is 7.61. The summed E-state index contributed by atoms with van der Waals surface area (Å²) >= 11 is 0. The third-order valence-corrected chi connectivity index (χ3v) is 2.49. The summed E-state index contributed by atoms with van der Waals surface area (Å²) in [6.45, 7) is 5.37. The number of nitrogens with zero attached hydrogens (tertiary/aromatic N) is 2. The minimum absolute atomic E-state index is 0.0656. The first-order valence-electron chi connectivity index (χ1n) is 4.56. The van der Waals surface area contributed by atoms with Gasteiger partial charge in [0.05, 0.1) is 0 Å². The maximum absolute atomic E-state index is 14.6. The first kappa shape index (κ1) is 11.0. The van der Waals surface area contributed by atoms with Crippen LogP contribution < -0.4 is 5.73 Å². The predicted molar refractivity (Wildman–Crippen MR) is 53.3 cm³/mol. The molecule has 0 spiro atoms. The summed E-state index contributed by atoms with van der Waals surface area (Å²) < 4.78 is 14.6. The third-order valence-electron chi connectivity index (χ3n) is 2.49. The summed E-state index contributed by atoms with van der Waals surface area (Å²) in [5.41, 5.74) is 3.80. The highest BCUT2D eigenvalue weighted by atomic mass is 19.1. The summed E-state index contributed by atoms with van der Waals surface area (Å²) in [5, 5.41) is 0. The standard InChI is InChI=1S/C10H16FN3/c1-9(2,3)10(11,6-12)8-4-13-7-14-5-8/h4-5,7H,6,12H2,1-3H3. The van der Waals surface area contributed by atoms with Crippen LogP contribution in [0.15, 0.2) is 18.7 Å². The van der Waals surface area contributed by atoms with Gasteiger partial charge in [-0.1, -0.05) is 20.8 Å². The molecule has 1 rings (SSSR count). The van der Waals surface area contributed by atoms with Gasteiger partial charge in [-0.15, -0.1) is 0 Å². The fourth-order valence-corrected chi connectivity index (χ4v) is 1.36. The minimum Gasteiger partial charge on any atom is -0.327 e. The maximum atomic E-state index is 14.6. The Kier molecular flexibility index (Phi) is 2.85. The van der Waals surface area contributed by atoms with Crippen LogP contribution in [-0.4, -0.2) is 16.5 Å². The second kappa shape index (κ2) is 3.61. The van der Waals surface area contributed by atoms with Gasteiger partial charge in [0.15, 0.2) is 5.67 Å². The van der Waals surface area contributed by atoms with E-state index in [9.17, 15) is 4.39 Å². The summed E-state index contributed by atoms with van der Waals surface area (Å²) in [7, 11) is 0. The number of alkyl halides is 1. The van der Waals surface area contributed by atoms with E-state index in [4.69, 9.17) is 5.73 Å². The number of rotatable bonds is 2. The van der Waals surface area contributed by atoms with Crippen molar-refractivity contribution in [2.75, 3.05) is 6.54 Å². The zero-order valence-electron chi connectivity index (χ0n) is 8.79. The molecule has 1 heterocycles. The molecular formula is C10H16FN3. The Hall–Kier alpha value is -1.03. The Morgan fingerprint density at radius 1 is 1.29 bits per heavy atom. The molecule has 0 bridgehead atoms. The Labute approximate surface area is 83.6 Å². The SMILES string of the molecule is CC(C)(C)C(F)(CN)c1cncnc1. The van der Waals surface area contributed by atoms with Crippen molar-refractivity contribution in [2.45, 2.75) is 26.4 Å². The van der Waals surface area contributed by atoms with Crippen LogP contribution in [0.4, 0.5) is 4.39 Å². The average molecular weight is 197 g/mol. The van der Waals surface area contributed by atoms with Crippen LogP contribution in [-0.2, 0) is 5.67 Å². The number of hydrogen-bond donors (Lipinski definition) is 1. The fraction of sp³-hybridized carbons (Fsp3) is 0.600. The monoisotopic (exact) mass is 197 g/mol. The van der Waals surface area contributed by atoms with E-state index < -0.39 is 11.1 Å². The van der Waals surface area contributed by atoms with Crippen molar-refractivity contribution in [2.24, 2.45) is 11.1 Å². The van der Waals surface area contributed by atoms with E-state index in [0.717, 1.165) is 0 Å². The maximum Gasteiger partial charge on any atom is 0.155 e. The second-order valence-electron chi connectivity index (χ2n) is 4.38. The van der Waals surface area contributed by atoms with Crippen molar-refractivity contribution in [3.05, 3.63) is 24.3 Å². The Morgan fingerprint density at radius 2 is 1.79 bits per heavy atom. The largest absolute Gasteiger partial charge is 0.327 e. The van der Waals surface area contributed by atoms with E-state index in [1.807, 2.05) is 20.8 Å². The van der Waals surface area contributed by atoms with Gasteiger partial charge in [-0.3, -0.25) is 0 Å². The van der Waals surface area contributed by atoms with Crippen molar-refractivity contribution in [3.8, 4) is 0 Å². The van der Waals surface area contributed by atoms with Crippen molar-refractivity contribution >= 4 is 0 Å². The van der Waals surface area contributed by atoms with E-state index in [2.05, 4.69) is 9.97 Å². The topological polar surface area (TPSA) is 51.8 Å². The van der Waals surface area contributed by atoms with E-state index in [0.29, 0.717) is 5.56 Å². The van der Waals surface area contributed by atoms with Gasteiger partial charge in [0.25, 0.3) is 0 Å². The molecule has 4 heteroatoms. The molecule has 2 N–H and O–H groups in total. The molecule has 0 aliphatic rings. The molecule has 0 fully saturated rings. The van der Waals surface area contributed by atoms with Crippen LogP contribution in [0.3, 0.4) is 0 Å². The van der Waals surface area contributed by atoms with Gasteiger partial charge in [0.1, 0.15) is 6.33 Å². The fourth-order valence-electron chi connectivity index (χ4n) is 1.36. The quantitative estimate of drug-likeness (QED) is 0.784. The van der Waals surface area contributed by atoms with E-state index in [1.54, 1.807) is 0 Å². The molecule has 14 heavy (non-hydrogen) atoms. The van der Waals surface area contributed by atoms with Gasteiger partial charge in [0, 0.05) is 29.9 Å². The van der Waals surface area contributed by atoms with Crippen LogP contribution in [0.1, 0.15) is 26.3 Å². The van der Waals surface area contributed by atoms with Crippen LogP contribution in [0.2, 0.25) is 0 Å². The number of hydrogen-bond acceptors (Lipinski definition) is 3. The highest BCUT2D eigenvalue weighted by Gasteiger charge is 2.43. The zero-order valence-corrected chi connectivity index (χ0v) is 8.79. The molecule has 0 aliphatic carbocycles. The summed E-state index contributed by atoms with van der Waals surface area (Å²) in [5.74, 6) is 0. The number of halogens is 1. The lowest BCUT2D eigenvalue weighted by molar-refractivity contribution is 0.0336. The molecule has 0 saturated carbocycles. The van der Waals surface area contributed by atoms with Crippen LogP contribution in [0, 0.1) is 5.41 Å². The molecule has 1 atom stereocenters. The molecule has 0 saturated heterocycles. The van der Waals surface area contributed by atoms with Crippen molar-refractivity contribution in [1.82, 2.24) is 9.97 Å². The van der Waals surface area contributed by atoms with Crippen LogP contribution in [0.5, 0.6) is 0 Å². The zero-order chi connectivity index (χ0) is 10.8. The molecular weight excluding hydrogens is 181 g/mol. The van der Waals surface area contributed by atoms with E-state index >= 15 is 0 Å². The molecule has 0 aliphatic heterocycles. The lowest BCUT2D eigenvalue weighted by Gasteiger charge is -2.36.